The number of hydrogen-bond acceptors (Lipinski definition) is 4. The number of aromatic nitrogens is 3. The van der Waals surface area contributed by atoms with Gasteiger partial charge in [0.05, 0.1) is 10.5 Å². The van der Waals surface area contributed by atoms with E-state index < -0.39 is 11.2 Å². The number of pyridine rings is 1. The lowest BCUT2D eigenvalue weighted by molar-refractivity contribution is 0.582. The van der Waals surface area contributed by atoms with Crippen LogP contribution in [-0.2, 0) is 17.7 Å². The van der Waals surface area contributed by atoms with E-state index in [2.05, 4.69) is 14.5 Å². The molecule has 0 fully saturated rings. The van der Waals surface area contributed by atoms with Crippen molar-refractivity contribution in [2.45, 2.75) is 45.1 Å². The highest BCUT2D eigenvalue weighted by molar-refractivity contribution is 7.91. The van der Waals surface area contributed by atoms with Crippen molar-refractivity contribution in [3.05, 3.63) is 45.3 Å². The van der Waals surface area contributed by atoms with Crippen LogP contribution in [0.1, 0.15) is 29.9 Å². The molecule has 5 nitrogen and oxygen atoms in total. The Morgan fingerprint density at radius 2 is 1.89 bits per heavy atom. The third-order valence-corrected chi connectivity index (χ3v) is 6.85. The fourth-order valence-corrected chi connectivity index (χ4v) is 5.01. The van der Waals surface area contributed by atoms with Gasteiger partial charge in [-0.2, -0.15) is 0 Å². The van der Waals surface area contributed by atoms with Gasteiger partial charge < -0.3 is 14.9 Å². The molecule has 0 aliphatic carbocycles. The number of nitrogen functional groups attached to an aromatic ring is 1. The number of nitrogens with zero attached hydrogens (tertiary/aromatic N) is 3. The Kier molecular flexibility index (Phi) is 6.21. The van der Waals surface area contributed by atoms with Gasteiger partial charge in [-0.05, 0) is 68.6 Å². The Balaban J connectivity index is 1.68. The fraction of sp³-hybridized carbons (Fsp3) is 0.368. The van der Waals surface area contributed by atoms with Gasteiger partial charge in [-0.15, -0.1) is 0 Å². The van der Waals surface area contributed by atoms with Crippen LogP contribution in [0, 0.1) is 20.8 Å². The van der Waals surface area contributed by atoms with Gasteiger partial charge >= 0.3 is 0 Å². The zero-order valence-electron chi connectivity index (χ0n) is 15.6. The average Bonchev–Trinajstić information content (AvgIpc) is 2.93. The molecule has 0 aliphatic heterocycles. The van der Waals surface area contributed by atoms with Crippen LogP contribution in [0.2, 0.25) is 10.0 Å². The summed E-state index contributed by atoms with van der Waals surface area (Å²) in [6.07, 6.45) is 1.69. The van der Waals surface area contributed by atoms with Gasteiger partial charge in [-0.1, -0.05) is 23.2 Å². The molecule has 3 rings (SSSR count). The monoisotopic (exact) mass is 424 g/mol. The fourth-order valence-electron chi connectivity index (χ4n) is 3.16. The van der Waals surface area contributed by atoms with Crippen LogP contribution in [0.25, 0.3) is 11.0 Å². The van der Waals surface area contributed by atoms with E-state index in [1.54, 1.807) is 18.2 Å². The predicted molar refractivity (Wildman–Crippen MR) is 113 cm³/mol. The van der Waals surface area contributed by atoms with Crippen molar-refractivity contribution in [3.63, 3.8) is 0 Å². The highest BCUT2D eigenvalue weighted by Crippen LogP contribution is 2.28. The van der Waals surface area contributed by atoms with Crippen LogP contribution in [0.4, 0.5) is 5.82 Å². The van der Waals surface area contributed by atoms with Crippen LogP contribution < -0.4 is 5.73 Å². The molecule has 0 bridgehead atoms. The molecule has 0 saturated carbocycles. The lowest BCUT2D eigenvalue weighted by Crippen LogP contribution is -2.09. The Morgan fingerprint density at radius 3 is 2.59 bits per heavy atom. The topological polar surface area (TPSA) is 79.8 Å². The minimum atomic E-state index is -1.14. The van der Waals surface area contributed by atoms with Crippen molar-refractivity contribution in [3.8, 4) is 0 Å². The quantitative estimate of drug-likeness (QED) is 0.453. The van der Waals surface area contributed by atoms with Crippen molar-refractivity contribution >= 4 is 51.2 Å². The summed E-state index contributed by atoms with van der Waals surface area (Å²) >= 11 is 10.9. The maximum absolute atomic E-state index is 12.5. The number of fused-ring (bicyclic) bond motifs is 1. The number of nitrogens with two attached hydrogens (primary N) is 1. The highest BCUT2D eigenvalue weighted by Gasteiger charge is 2.17. The third-order valence-electron chi connectivity index (χ3n) is 4.69. The molecule has 8 heteroatoms. The van der Waals surface area contributed by atoms with Gasteiger partial charge in [-0.25, -0.2) is 9.97 Å². The first-order valence-electron chi connectivity index (χ1n) is 8.72. The van der Waals surface area contributed by atoms with E-state index in [0.717, 1.165) is 47.5 Å². The molecule has 27 heavy (non-hydrogen) atoms. The van der Waals surface area contributed by atoms with Crippen LogP contribution in [0.15, 0.2) is 23.1 Å². The zero-order valence-corrected chi connectivity index (χ0v) is 17.9. The maximum Gasteiger partial charge on any atom is 0.171 e. The number of unbranched alkanes of at least 4 members (excludes halogenated alkanes) is 1. The molecule has 1 aromatic carbocycles. The van der Waals surface area contributed by atoms with E-state index in [0.29, 0.717) is 26.5 Å². The number of imidazole rings is 1. The third kappa shape index (κ3) is 4.19. The summed E-state index contributed by atoms with van der Waals surface area (Å²) in [5.41, 5.74) is 9.85. The van der Waals surface area contributed by atoms with Crippen molar-refractivity contribution in [2.75, 3.05) is 11.5 Å². The summed E-state index contributed by atoms with van der Waals surface area (Å²) in [7, 11) is 0. The Hall–Kier alpha value is -1.47. The number of hydrogen-bond donors (Lipinski definition) is 1. The van der Waals surface area contributed by atoms with E-state index in [9.17, 15) is 4.55 Å². The van der Waals surface area contributed by atoms with Crippen molar-refractivity contribution in [2.24, 2.45) is 0 Å². The molecule has 2 aromatic heterocycles. The Labute approximate surface area is 172 Å². The number of halogens is 2. The van der Waals surface area contributed by atoms with Gasteiger partial charge in [0.1, 0.15) is 17.1 Å². The molecule has 0 radical (unpaired) electrons. The molecule has 1 atom stereocenters. The predicted octanol–water partition coefficient (Wildman–Crippen LogP) is 4.83. The standard InChI is InChI=1S/C19H22Cl2N4OS/c1-11-12(2)23-19(22)17-18(11)25(13(3)24-17)8-4-5-9-27(26)16-7-6-14(20)10-15(16)21/h6-7,10H,4-5,8-9H2,1-3H3,(H2,22,23). The largest absolute Gasteiger partial charge is 0.611 e. The smallest absolute Gasteiger partial charge is 0.171 e. The van der Waals surface area contributed by atoms with E-state index in [1.807, 2.05) is 20.8 Å². The van der Waals surface area contributed by atoms with Crippen molar-refractivity contribution in [1.82, 2.24) is 14.5 Å². The zero-order chi connectivity index (χ0) is 19.7. The summed E-state index contributed by atoms with van der Waals surface area (Å²) in [6.45, 7) is 6.76. The van der Waals surface area contributed by atoms with Crippen LogP contribution in [0.3, 0.4) is 0 Å². The lowest BCUT2D eigenvalue weighted by atomic mass is 10.2. The first-order chi connectivity index (χ1) is 12.8. The second-order valence-corrected chi connectivity index (χ2v) is 8.93. The Morgan fingerprint density at radius 1 is 1.15 bits per heavy atom. The molecule has 0 spiro atoms. The summed E-state index contributed by atoms with van der Waals surface area (Å²) in [5.74, 6) is 1.93. The minimum Gasteiger partial charge on any atom is -0.611 e. The van der Waals surface area contributed by atoms with Gasteiger partial charge in [0.15, 0.2) is 10.7 Å². The molecule has 0 aliphatic rings. The molecule has 0 amide bonds. The van der Waals surface area contributed by atoms with Crippen LogP contribution >= 0.6 is 23.2 Å². The number of benzene rings is 1. The molecule has 144 valence electrons. The van der Waals surface area contributed by atoms with E-state index in [1.165, 1.54) is 0 Å². The molecular weight excluding hydrogens is 403 g/mol. The summed E-state index contributed by atoms with van der Waals surface area (Å²) in [4.78, 5) is 9.58. The first-order valence-corrected chi connectivity index (χ1v) is 10.8. The lowest BCUT2D eigenvalue weighted by Gasteiger charge is -2.13. The average molecular weight is 425 g/mol. The molecule has 3 aromatic rings. The number of rotatable bonds is 6. The van der Waals surface area contributed by atoms with E-state index >= 15 is 0 Å². The van der Waals surface area contributed by atoms with Crippen LogP contribution in [0.5, 0.6) is 0 Å². The van der Waals surface area contributed by atoms with Gasteiger partial charge in [0.2, 0.25) is 0 Å². The summed E-state index contributed by atoms with van der Waals surface area (Å²) in [6, 6.07) is 5.07. The normalized spacial score (nSPS) is 12.7. The summed E-state index contributed by atoms with van der Waals surface area (Å²) in [5, 5.41) is 0.994. The van der Waals surface area contributed by atoms with Crippen molar-refractivity contribution < 1.29 is 4.55 Å². The Bertz CT molecular complexity index is 990. The van der Waals surface area contributed by atoms with Crippen molar-refractivity contribution in [1.29, 1.82) is 0 Å². The second kappa shape index (κ2) is 8.27. The minimum absolute atomic E-state index is 0.450. The van der Waals surface area contributed by atoms with Gasteiger partial charge in [0, 0.05) is 17.3 Å². The molecule has 2 heterocycles. The maximum atomic E-state index is 12.5. The molecule has 0 saturated heterocycles. The van der Waals surface area contributed by atoms with E-state index in [-0.39, 0.29) is 0 Å². The molecular formula is C19H22Cl2N4OS. The van der Waals surface area contributed by atoms with Crippen LogP contribution in [-0.4, -0.2) is 24.8 Å². The first kappa shape index (κ1) is 20.3. The summed E-state index contributed by atoms with van der Waals surface area (Å²) < 4.78 is 14.7. The number of aryl methyl sites for hydroxylation is 4. The van der Waals surface area contributed by atoms with Gasteiger partial charge in [-0.3, -0.25) is 0 Å². The molecule has 2 N–H and O–H groups in total. The SMILES string of the molecule is Cc1nc(N)c2nc(C)n(CCCC[S+]([O-])c3ccc(Cl)cc3Cl)c2c1C. The second-order valence-electron chi connectivity index (χ2n) is 6.55. The molecule has 1 unspecified atom stereocenters. The van der Waals surface area contributed by atoms with Gasteiger partial charge in [0.25, 0.3) is 0 Å². The highest BCUT2D eigenvalue weighted by atomic mass is 35.5. The van der Waals surface area contributed by atoms with E-state index in [4.69, 9.17) is 28.9 Å². The number of anilines is 1.